The molecule has 0 saturated heterocycles. The van der Waals surface area contributed by atoms with E-state index < -0.39 is 0 Å². The molecule has 1 aliphatic rings. The van der Waals surface area contributed by atoms with Gasteiger partial charge in [0.2, 0.25) is 11.8 Å². The molecule has 1 saturated carbocycles. The van der Waals surface area contributed by atoms with Crippen molar-refractivity contribution in [2.75, 3.05) is 11.1 Å². The van der Waals surface area contributed by atoms with Crippen molar-refractivity contribution < 1.29 is 9.21 Å². The van der Waals surface area contributed by atoms with Crippen LogP contribution in [-0.2, 0) is 10.5 Å². The number of carbonyl (C=O) groups is 1. The first-order chi connectivity index (χ1) is 13.3. The fourth-order valence-corrected chi connectivity index (χ4v) is 4.07. The van der Waals surface area contributed by atoms with Gasteiger partial charge in [0.1, 0.15) is 12.1 Å². The molecule has 3 aromatic rings. The Morgan fingerprint density at radius 3 is 2.85 bits per heavy atom. The minimum absolute atomic E-state index is 0.0217. The van der Waals surface area contributed by atoms with E-state index in [-0.39, 0.29) is 5.91 Å². The second-order valence-corrected chi connectivity index (χ2v) is 7.64. The number of anilines is 1. The number of nitrogens with one attached hydrogen (secondary N) is 1. The number of benzene rings is 1. The van der Waals surface area contributed by atoms with Gasteiger partial charge in [-0.1, -0.05) is 31.0 Å². The molecular formula is C20H22N4O2S. The van der Waals surface area contributed by atoms with Crippen molar-refractivity contribution in [2.45, 2.75) is 37.5 Å². The number of hydrogen-bond donors (Lipinski definition) is 1. The molecule has 0 aliphatic heterocycles. The number of rotatable bonds is 7. The fourth-order valence-electron chi connectivity index (χ4n) is 3.37. The molecule has 0 unspecified atom stereocenters. The first-order valence-corrected chi connectivity index (χ1v) is 10.4. The summed E-state index contributed by atoms with van der Waals surface area (Å²) >= 11 is 1.52. The van der Waals surface area contributed by atoms with E-state index in [9.17, 15) is 4.79 Å². The van der Waals surface area contributed by atoms with Gasteiger partial charge in [0, 0.05) is 17.4 Å². The molecule has 2 aromatic heterocycles. The highest BCUT2D eigenvalue weighted by atomic mass is 32.2. The Morgan fingerprint density at radius 2 is 2.04 bits per heavy atom. The van der Waals surface area contributed by atoms with Gasteiger partial charge in [-0.15, -0.1) is 11.8 Å². The Balaban J connectivity index is 1.27. The summed E-state index contributed by atoms with van der Waals surface area (Å²) in [6.07, 6.45) is 8.14. The zero-order valence-electron chi connectivity index (χ0n) is 15.0. The lowest BCUT2D eigenvalue weighted by Crippen LogP contribution is -2.19. The van der Waals surface area contributed by atoms with Crippen LogP contribution in [-0.4, -0.2) is 26.4 Å². The van der Waals surface area contributed by atoms with Crippen molar-refractivity contribution in [2.24, 2.45) is 0 Å². The molecule has 6 nitrogen and oxygen atoms in total. The van der Waals surface area contributed by atoms with Gasteiger partial charge in [-0.25, -0.2) is 9.67 Å². The summed E-state index contributed by atoms with van der Waals surface area (Å²) in [4.78, 5) is 16.8. The molecule has 1 amide bonds. The van der Waals surface area contributed by atoms with Crippen molar-refractivity contribution in [1.82, 2.24) is 14.8 Å². The van der Waals surface area contributed by atoms with Crippen molar-refractivity contribution in [3.63, 3.8) is 0 Å². The number of hydrogen-bond acceptors (Lipinski definition) is 5. The van der Waals surface area contributed by atoms with Crippen LogP contribution in [0.5, 0.6) is 0 Å². The molecule has 0 spiro atoms. The predicted octanol–water partition coefficient (Wildman–Crippen LogP) is 4.53. The Hall–Kier alpha value is -2.54. The third-order valence-corrected chi connectivity index (χ3v) is 5.63. The maximum Gasteiger partial charge on any atom is 0.235 e. The van der Waals surface area contributed by atoms with E-state index in [1.165, 1.54) is 24.6 Å². The fraction of sp³-hybridized carbons (Fsp3) is 0.350. The summed E-state index contributed by atoms with van der Waals surface area (Å²) in [5.74, 6) is 2.37. The minimum atomic E-state index is -0.0217. The quantitative estimate of drug-likeness (QED) is 0.650. The average molecular weight is 382 g/mol. The van der Waals surface area contributed by atoms with E-state index in [0.717, 1.165) is 29.9 Å². The number of oxazole rings is 1. The molecule has 0 bridgehead atoms. The summed E-state index contributed by atoms with van der Waals surface area (Å²) in [5.41, 5.74) is 1.79. The molecule has 2 heterocycles. The second-order valence-electron chi connectivity index (χ2n) is 6.65. The molecule has 0 atom stereocenters. The van der Waals surface area contributed by atoms with Gasteiger partial charge in [-0.05, 0) is 25.0 Å². The Bertz CT molecular complexity index is 884. The van der Waals surface area contributed by atoms with Crippen LogP contribution < -0.4 is 5.32 Å². The number of aromatic nitrogens is 3. The lowest BCUT2D eigenvalue weighted by molar-refractivity contribution is -0.113. The maximum atomic E-state index is 12.3. The molecule has 1 fully saturated rings. The molecular weight excluding hydrogens is 360 g/mol. The lowest BCUT2D eigenvalue weighted by atomic mass is 10.2. The van der Waals surface area contributed by atoms with Gasteiger partial charge in [0.05, 0.1) is 23.7 Å². The normalized spacial score (nSPS) is 14.5. The first-order valence-electron chi connectivity index (χ1n) is 9.20. The zero-order valence-corrected chi connectivity index (χ0v) is 15.8. The number of amides is 1. The van der Waals surface area contributed by atoms with Gasteiger partial charge in [0.25, 0.3) is 0 Å². The van der Waals surface area contributed by atoms with Crippen molar-refractivity contribution in [1.29, 1.82) is 0 Å². The van der Waals surface area contributed by atoms with Crippen LogP contribution in [0.15, 0.2) is 53.3 Å². The molecule has 1 aromatic carbocycles. The molecule has 140 valence electrons. The zero-order chi connectivity index (χ0) is 18.5. The van der Waals surface area contributed by atoms with Crippen LogP contribution in [0.4, 0.5) is 5.82 Å². The summed E-state index contributed by atoms with van der Waals surface area (Å²) in [6.45, 7) is 0. The molecule has 1 N–H and O–H groups in total. The van der Waals surface area contributed by atoms with E-state index in [2.05, 4.69) is 15.4 Å². The van der Waals surface area contributed by atoms with Crippen molar-refractivity contribution in [3.05, 3.63) is 54.6 Å². The largest absolute Gasteiger partial charge is 0.444 e. The van der Waals surface area contributed by atoms with Gasteiger partial charge in [-0.2, -0.15) is 5.10 Å². The van der Waals surface area contributed by atoms with Crippen LogP contribution in [0.25, 0.3) is 11.5 Å². The van der Waals surface area contributed by atoms with Crippen LogP contribution in [0.3, 0.4) is 0 Å². The second kappa shape index (κ2) is 8.43. The molecule has 27 heavy (non-hydrogen) atoms. The van der Waals surface area contributed by atoms with Crippen LogP contribution in [0, 0.1) is 0 Å². The number of nitrogens with zero attached hydrogens (tertiary/aromatic N) is 3. The topological polar surface area (TPSA) is 73.0 Å². The molecule has 7 heteroatoms. The van der Waals surface area contributed by atoms with Crippen molar-refractivity contribution >= 4 is 23.5 Å². The summed E-state index contributed by atoms with van der Waals surface area (Å²) in [5, 5.41) is 7.37. The Kier molecular flexibility index (Phi) is 5.58. The Labute approximate surface area is 162 Å². The van der Waals surface area contributed by atoms with E-state index >= 15 is 0 Å². The van der Waals surface area contributed by atoms with E-state index in [1.807, 2.05) is 41.1 Å². The lowest BCUT2D eigenvalue weighted by Gasteiger charge is -2.14. The number of thioether (sulfide) groups is 1. The van der Waals surface area contributed by atoms with Crippen LogP contribution >= 0.6 is 11.8 Å². The SMILES string of the molecule is O=C(CSCc1coc(-c2ccccc2)n1)Nc1ccnn1C1CCCC1. The highest BCUT2D eigenvalue weighted by Crippen LogP contribution is 2.31. The monoisotopic (exact) mass is 382 g/mol. The summed E-state index contributed by atoms with van der Waals surface area (Å²) in [7, 11) is 0. The van der Waals surface area contributed by atoms with Gasteiger partial charge in [0.15, 0.2) is 0 Å². The van der Waals surface area contributed by atoms with Crippen molar-refractivity contribution in [3.8, 4) is 11.5 Å². The van der Waals surface area contributed by atoms with Crippen LogP contribution in [0.2, 0.25) is 0 Å². The third-order valence-electron chi connectivity index (χ3n) is 4.66. The van der Waals surface area contributed by atoms with E-state index in [1.54, 1.807) is 12.5 Å². The highest BCUT2D eigenvalue weighted by molar-refractivity contribution is 7.99. The first kappa shape index (κ1) is 17.9. The smallest absolute Gasteiger partial charge is 0.235 e. The standard InChI is InChI=1S/C20H22N4O2S/c25-19(23-18-10-11-21-24(18)17-8-4-5-9-17)14-27-13-16-12-26-20(22-16)15-6-2-1-3-7-15/h1-3,6-7,10-12,17H,4-5,8-9,13-14H2,(H,23,25). The van der Waals surface area contributed by atoms with E-state index in [0.29, 0.717) is 23.4 Å². The third kappa shape index (κ3) is 4.42. The minimum Gasteiger partial charge on any atom is -0.444 e. The molecule has 4 rings (SSSR count). The van der Waals surface area contributed by atoms with Gasteiger partial charge < -0.3 is 9.73 Å². The highest BCUT2D eigenvalue weighted by Gasteiger charge is 2.20. The van der Waals surface area contributed by atoms with Gasteiger partial charge in [-0.3, -0.25) is 4.79 Å². The number of carbonyl (C=O) groups excluding carboxylic acids is 1. The Morgan fingerprint density at radius 1 is 1.22 bits per heavy atom. The van der Waals surface area contributed by atoms with Crippen LogP contribution in [0.1, 0.15) is 37.4 Å². The molecule has 0 radical (unpaired) electrons. The molecule has 1 aliphatic carbocycles. The van der Waals surface area contributed by atoms with Gasteiger partial charge >= 0.3 is 0 Å². The van der Waals surface area contributed by atoms with E-state index in [4.69, 9.17) is 4.42 Å². The average Bonchev–Trinajstić information content (AvgIpc) is 3.44. The maximum absolute atomic E-state index is 12.3. The predicted molar refractivity (Wildman–Crippen MR) is 106 cm³/mol. The summed E-state index contributed by atoms with van der Waals surface area (Å²) < 4.78 is 7.49. The summed E-state index contributed by atoms with van der Waals surface area (Å²) in [6, 6.07) is 12.1.